The summed E-state index contributed by atoms with van der Waals surface area (Å²) in [5.74, 6) is 0.685. The minimum atomic E-state index is -0.139. The Morgan fingerprint density at radius 2 is 1.50 bits per heavy atom. The number of halogens is 1. The van der Waals surface area contributed by atoms with Crippen molar-refractivity contribution >= 4 is 39.9 Å². The molecule has 180 valence electrons. The zero-order valence-corrected chi connectivity index (χ0v) is 21.1. The van der Waals surface area contributed by atoms with E-state index in [9.17, 15) is 0 Å². The van der Waals surface area contributed by atoms with Crippen molar-refractivity contribution in [1.82, 2.24) is 0 Å². The Bertz CT molecular complexity index is 1970. The van der Waals surface area contributed by atoms with Gasteiger partial charge in [-0.15, -0.1) is 0 Å². The summed E-state index contributed by atoms with van der Waals surface area (Å²) in [6.45, 7) is 4.51. The molecule has 3 nitrogen and oxygen atoms in total. The van der Waals surface area contributed by atoms with Gasteiger partial charge in [-0.25, -0.2) is 4.99 Å². The Hall–Kier alpha value is -4.69. The minimum Gasteiger partial charge on any atom is -0.454 e. The molecule has 1 unspecified atom stereocenters. The normalized spacial score (nSPS) is 16.3. The van der Waals surface area contributed by atoms with Gasteiger partial charge in [0.15, 0.2) is 10.9 Å². The highest BCUT2D eigenvalue weighted by Crippen LogP contribution is 2.35. The summed E-state index contributed by atoms with van der Waals surface area (Å²) in [4.78, 5) is 9.70. The first kappa shape index (κ1) is 22.5. The first-order chi connectivity index (χ1) is 18.7. The topological polar surface area (TPSA) is 37.9 Å². The number of fused-ring (bicyclic) bond motifs is 4. The van der Waals surface area contributed by atoms with Gasteiger partial charge >= 0.3 is 0 Å². The van der Waals surface area contributed by atoms with Crippen LogP contribution in [0.25, 0.3) is 22.6 Å². The summed E-state index contributed by atoms with van der Waals surface area (Å²) < 4.78 is 6.25. The average Bonchev–Trinajstić information content (AvgIpc) is 3.25. The Morgan fingerprint density at radius 1 is 0.789 bits per heavy atom. The van der Waals surface area contributed by atoms with Crippen molar-refractivity contribution in [2.45, 2.75) is 6.04 Å². The van der Waals surface area contributed by atoms with Gasteiger partial charge in [0.05, 0.1) is 5.36 Å². The number of benzene rings is 4. The zero-order chi connectivity index (χ0) is 25.6. The molecular weight excluding hydrogens is 488 g/mol. The molecular formula is C34H21ClN2O. The Morgan fingerprint density at radius 3 is 2.34 bits per heavy atom. The van der Waals surface area contributed by atoms with Crippen LogP contribution in [-0.2, 0) is 0 Å². The molecule has 0 N–H and O–H groups in total. The fourth-order valence-corrected chi connectivity index (χ4v) is 5.40. The zero-order valence-electron chi connectivity index (χ0n) is 20.4. The third-order valence-corrected chi connectivity index (χ3v) is 7.24. The van der Waals surface area contributed by atoms with E-state index in [2.05, 4.69) is 65.8 Å². The van der Waals surface area contributed by atoms with Crippen LogP contribution in [0.1, 0.15) is 34.1 Å². The quantitative estimate of drug-likeness (QED) is 0.189. The van der Waals surface area contributed by atoms with Crippen molar-refractivity contribution in [3.63, 3.8) is 0 Å². The number of para-hydroxylation sites is 2. The minimum absolute atomic E-state index is 0.139. The van der Waals surface area contributed by atoms with E-state index in [1.807, 2.05) is 60.7 Å². The molecule has 1 aromatic heterocycles. The summed E-state index contributed by atoms with van der Waals surface area (Å²) in [5.41, 5.74) is 10.7. The molecule has 4 aromatic carbocycles. The van der Waals surface area contributed by atoms with Crippen LogP contribution in [0.4, 0.5) is 0 Å². The lowest BCUT2D eigenvalue weighted by Crippen LogP contribution is -2.33. The van der Waals surface area contributed by atoms with Crippen molar-refractivity contribution in [1.29, 1.82) is 0 Å². The van der Waals surface area contributed by atoms with Crippen LogP contribution in [0.5, 0.6) is 0 Å². The van der Waals surface area contributed by atoms with Crippen molar-refractivity contribution < 1.29 is 4.42 Å². The second kappa shape index (κ2) is 9.00. The second-order valence-corrected chi connectivity index (χ2v) is 9.68. The van der Waals surface area contributed by atoms with Crippen molar-refractivity contribution in [3.8, 4) is 0 Å². The number of hydrogen-bond donors (Lipinski definition) is 0. The van der Waals surface area contributed by atoms with Crippen molar-refractivity contribution in [3.05, 3.63) is 165 Å². The molecule has 0 saturated carbocycles. The van der Waals surface area contributed by atoms with Gasteiger partial charge in [0.1, 0.15) is 17.3 Å². The molecule has 0 aliphatic carbocycles. The number of hydrogen-bond acceptors (Lipinski definition) is 3. The molecule has 38 heavy (non-hydrogen) atoms. The van der Waals surface area contributed by atoms with E-state index in [4.69, 9.17) is 21.0 Å². The van der Waals surface area contributed by atoms with Gasteiger partial charge in [0, 0.05) is 21.7 Å². The van der Waals surface area contributed by atoms with Gasteiger partial charge < -0.3 is 4.42 Å². The largest absolute Gasteiger partial charge is 0.454 e. The van der Waals surface area contributed by atoms with Crippen molar-refractivity contribution in [2.24, 2.45) is 9.98 Å². The van der Waals surface area contributed by atoms with E-state index in [1.54, 1.807) is 0 Å². The Kier molecular flexibility index (Phi) is 5.33. The molecule has 0 spiro atoms. The Balaban J connectivity index is 1.35. The monoisotopic (exact) mass is 508 g/mol. The summed E-state index contributed by atoms with van der Waals surface area (Å²) in [6, 6.07) is 34.7. The molecule has 7 rings (SSSR count). The molecule has 1 atom stereocenters. The first-order valence-electron chi connectivity index (χ1n) is 12.4. The van der Waals surface area contributed by atoms with Gasteiger partial charge in [-0.05, 0) is 40.5 Å². The molecule has 0 saturated heterocycles. The van der Waals surface area contributed by atoms with Crippen LogP contribution in [-0.4, -0.2) is 5.71 Å². The molecule has 0 bridgehead atoms. The lowest BCUT2D eigenvalue weighted by molar-refractivity contribution is 0.604. The van der Waals surface area contributed by atoms with Gasteiger partial charge in [-0.3, -0.25) is 4.99 Å². The highest BCUT2D eigenvalue weighted by atomic mass is 35.5. The van der Waals surface area contributed by atoms with Crippen LogP contribution in [0.2, 0.25) is 0 Å². The number of nitrogens with zero attached hydrogens (tertiary/aromatic N) is 2. The molecule has 0 fully saturated rings. The molecule has 0 amide bonds. The third-order valence-electron chi connectivity index (χ3n) is 7.05. The van der Waals surface area contributed by atoms with E-state index in [-0.39, 0.29) is 11.2 Å². The lowest BCUT2D eigenvalue weighted by Gasteiger charge is -2.23. The number of furan rings is 1. The standard InChI is InChI=1S/C34H21ClN2O/c1-21-31(27-12-5-7-13-28(27)36-32(21)23-9-3-2-4-10-23)22-15-17-24(18-16-22)33-34-26(19-20-30(35)37-33)25-11-6-8-14-29(25)38-34/h2-19,32H,1H2. The van der Waals surface area contributed by atoms with Gasteiger partial charge in [0.2, 0.25) is 0 Å². The lowest BCUT2D eigenvalue weighted by atomic mass is 9.86. The fraction of sp³-hybridized carbons (Fsp3) is 0.0294. The van der Waals surface area contributed by atoms with Gasteiger partial charge in [0.25, 0.3) is 0 Å². The molecule has 2 aliphatic rings. The first-order valence-corrected chi connectivity index (χ1v) is 12.8. The summed E-state index contributed by atoms with van der Waals surface area (Å²) >= 11 is 6.39. The highest BCUT2D eigenvalue weighted by Gasteiger charge is 2.24. The van der Waals surface area contributed by atoms with Crippen molar-refractivity contribution in [2.75, 3.05) is 0 Å². The maximum Gasteiger partial charge on any atom is 0.172 e. The predicted octanol–water partition coefficient (Wildman–Crippen LogP) is 7.11. The predicted molar refractivity (Wildman–Crippen MR) is 154 cm³/mol. The maximum absolute atomic E-state index is 6.39. The average molecular weight is 509 g/mol. The van der Waals surface area contributed by atoms with Crippen LogP contribution in [0.3, 0.4) is 0 Å². The number of aliphatic imine (C=N–C) groups is 1. The van der Waals surface area contributed by atoms with E-state index >= 15 is 0 Å². The van der Waals surface area contributed by atoms with E-state index in [0.29, 0.717) is 11.5 Å². The SMILES string of the molecule is C=C1C(c2ccc(C3=NC(Cl)=C=Cc4c3oc3ccccc43)cc2)=c2ccccc2=NC1c1ccccc1. The summed E-state index contributed by atoms with van der Waals surface area (Å²) in [7, 11) is 0. The van der Waals surface area contributed by atoms with Gasteiger partial charge in [-0.1, -0.05) is 115 Å². The fourth-order valence-electron chi connectivity index (χ4n) is 5.26. The maximum atomic E-state index is 6.39. The van der Waals surface area contributed by atoms with Crippen LogP contribution < -0.4 is 10.6 Å². The van der Waals surface area contributed by atoms with E-state index in [0.717, 1.165) is 54.9 Å². The van der Waals surface area contributed by atoms with E-state index in [1.165, 1.54) is 0 Å². The van der Waals surface area contributed by atoms with Crippen LogP contribution in [0, 0.1) is 0 Å². The second-order valence-electron chi connectivity index (χ2n) is 9.32. The molecule has 3 heterocycles. The third kappa shape index (κ3) is 3.69. The van der Waals surface area contributed by atoms with Gasteiger partial charge in [-0.2, -0.15) is 0 Å². The number of rotatable bonds is 3. The smallest absolute Gasteiger partial charge is 0.172 e. The van der Waals surface area contributed by atoms with Crippen LogP contribution in [0.15, 0.2) is 141 Å². The molecule has 5 aromatic rings. The molecule has 4 heteroatoms. The molecule has 2 aliphatic heterocycles. The summed E-state index contributed by atoms with van der Waals surface area (Å²) in [6.07, 6.45) is 1.85. The Labute approximate surface area is 224 Å². The van der Waals surface area contributed by atoms with E-state index < -0.39 is 0 Å². The highest BCUT2D eigenvalue weighted by molar-refractivity contribution is 6.31. The van der Waals surface area contributed by atoms with Crippen LogP contribution >= 0.6 is 11.6 Å². The molecule has 0 radical (unpaired) electrons. The summed E-state index contributed by atoms with van der Waals surface area (Å²) in [5, 5.41) is 3.35.